The molecule has 3 nitrogen and oxygen atoms in total. The van der Waals surface area contributed by atoms with Gasteiger partial charge in [-0.2, -0.15) is 0 Å². The Morgan fingerprint density at radius 3 is 2.67 bits per heavy atom. The van der Waals surface area contributed by atoms with Gasteiger partial charge in [0.1, 0.15) is 0 Å². The first-order chi connectivity index (χ1) is 5.70. The highest BCUT2D eigenvalue weighted by Crippen LogP contribution is 2.01. The van der Waals surface area contributed by atoms with Crippen molar-refractivity contribution in [1.29, 1.82) is 0 Å². The van der Waals surface area contributed by atoms with E-state index in [4.69, 9.17) is 5.11 Å². The second-order valence-corrected chi connectivity index (χ2v) is 3.48. The van der Waals surface area contributed by atoms with Crippen LogP contribution < -0.4 is 5.32 Å². The number of aliphatic hydroxyl groups is 1. The summed E-state index contributed by atoms with van der Waals surface area (Å²) >= 11 is 0. The summed E-state index contributed by atoms with van der Waals surface area (Å²) in [5, 5.41) is 11.8. The minimum Gasteiger partial charge on any atom is -0.395 e. The predicted octanol–water partition coefficient (Wildman–Crippen LogP) is 0.156. The first-order valence-corrected chi connectivity index (χ1v) is 4.64. The minimum absolute atomic E-state index is 0.259. The van der Waals surface area contributed by atoms with Gasteiger partial charge in [0.05, 0.1) is 6.61 Å². The summed E-state index contributed by atoms with van der Waals surface area (Å²) < 4.78 is 0. The van der Waals surface area contributed by atoms with E-state index >= 15 is 0 Å². The fourth-order valence-corrected chi connectivity index (χ4v) is 1.28. The number of rotatable bonds is 7. The quantitative estimate of drug-likeness (QED) is 0.577. The zero-order valence-electron chi connectivity index (χ0n) is 8.51. The molecule has 0 saturated carbocycles. The van der Waals surface area contributed by atoms with Crippen molar-refractivity contribution in [3.05, 3.63) is 0 Å². The monoisotopic (exact) mass is 174 g/mol. The topological polar surface area (TPSA) is 35.5 Å². The van der Waals surface area contributed by atoms with Crippen molar-refractivity contribution in [2.24, 2.45) is 5.92 Å². The molecule has 0 amide bonds. The Balaban J connectivity index is 3.33. The van der Waals surface area contributed by atoms with E-state index in [1.807, 2.05) is 14.1 Å². The summed E-state index contributed by atoms with van der Waals surface area (Å²) in [5.41, 5.74) is 0. The average molecular weight is 174 g/mol. The van der Waals surface area contributed by atoms with Gasteiger partial charge in [-0.15, -0.1) is 0 Å². The zero-order valence-corrected chi connectivity index (χ0v) is 8.51. The van der Waals surface area contributed by atoms with Gasteiger partial charge >= 0.3 is 0 Å². The lowest BCUT2D eigenvalue weighted by Crippen LogP contribution is -2.28. The first-order valence-electron chi connectivity index (χ1n) is 4.64. The molecule has 0 rings (SSSR count). The Hall–Kier alpha value is -0.120. The number of hydrogen-bond acceptors (Lipinski definition) is 3. The van der Waals surface area contributed by atoms with Crippen LogP contribution in [0.15, 0.2) is 0 Å². The van der Waals surface area contributed by atoms with Crippen molar-refractivity contribution < 1.29 is 5.11 Å². The molecule has 0 aromatic carbocycles. The van der Waals surface area contributed by atoms with Crippen LogP contribution in [0.25, 0.3) is 0 Å². The normalized spacial score (nSPS) is 13.8. The highest BCUT2D eigenvalue weighted by molar-refractivity contribution is 4.59. The molecular formula is C9H22N2O. The molecule has 2 N–H and O–H groups in total. The van der Waals surface area contributed by atoms with Gasteiger partial charge in [-0.3, -0.25) is 0 Å². The minimum atomic E-state index is 0.259. The van der Waals surface area contributed by atoms with Crippen LogP contribution in [0.4, 0.5) is 0 Å². The van der Waals surface area contributed by atoms with Crippen LogP contribution in [0, 0.1) is 5.92 Å². The predicted molar refractivity (Wildman–Crippen MR) is 52.3 cm³/mol. The van der Waals surface area contributed by atoms with Crippen molar-refractivity contribution in [1.82, 2.24) is 10.2 Å². The summed E-state index contributed by atoms with van der Waals surface area (Å²) in [7, 11) is 4.02. The number of likely N-dealkylation sites (N-methyl/N-ethyl adjacent to an activating group) is 1. The summed E-state index contributed by atoms with van der Waals surface area (Å²) in [6, 6.07) is 0. The summed E-state index contributed by atoms with van der Waals surface area (Å²) in [4.78, 5) is 2.17. The van der Waals surface area contributed by atoms with Gasteiger partial charge in [-0.25, -0.2) is 0 Å². The molecule has 1 unspecified atom stereocenters. The lowest BCUT2D eigenvalue weighted by Gasteiger charge is -2.19. The molecule has 3 heteroatoms. The third-order valence-corrected chi connectivity index (χ3v) is 1.99. The van der Waals surface area contributed by atoms with E-state index in [1.54, 1.807) is 0 Å². The molecule has 0 aliphatic carbocycles. The van der Waals surface area contributed by atoms with Crippen LogP contribution in [-0.4, -0.2) is 50.3 Å². The van der Waals surface area contributed by atoms with Gasteiger partial charge in [-0.1, -0.05) is 6.92 Å². The Morgan fingerprint density at radius 1 is 1.50 bits per heavy atom. The molecule has 74 valence electrons. The second kappa shape index (κ2) is 7.53. The summed E-state index contributed by atoms with van der Waals surface area (Å²) in [6.07, 6.45) is 1.20. The van der Waals surface area contributed by atoms with Gasteiger partial charge in [0.15, 0.2) is 0 Å². The summed E-state index contributed by atoms with van der Waals surface area (Å²) in [5.74, 6) is 0.703. The maximum atomic E-state index is 8.67. The number of aliphatic hydroxyl groups excluding tert-OH is 1. The Morgan fingerprint density at radius 2 is 2.17 bits per heavy atom. The highest BCUT2D eigenvalue weighted by atomic mass is 16.3. The molecule has 0 saturated heterocycles. The molecule has 0 spiro atoms. The molecular weight excluding hydrogens is 152 g/mol. The molecule has 0 aromatic heterocycles. The van der Waals surface area contributed by atoms with E-state index in [0.29, 0.717) is 5.92 Å². The van der Waals surface area contributed by atoms with Gasteiger partial charge < -0.3 is 15.3 Å². The van der Waals surface area contributed by atoms with Crippen LogP contribution in [-0.2, 0) is 0 Å². The van der Waals surface area contributed by atoms with Gasteiger partial charge in [0.2, 0.25) is 0 Å². The van der Waals surface area contributed by atoms with Gasteiger partial charge in [0, 0.05) is 13.1 Å². The highest BCUT2D eigenvalue weighted by Gasteiger charge is 2.04. The number of hydrogen-bond donors (Lipinski definition) is 2. The first kappa shape index (κ1) is 11.9. The molecule has 0 bridgehead atoms. The van der Waals surface area contributed by atoms with Crippen molar-refractivity contribution in [2.75, 3.05) is 40.3 Å². The van der Waals surface area contributed by atoms with E-state index in [2.05, 4.69) is 17.1 Å². The maximum absolute atomic E-state index is 8.67. The second-order valence-electron chi connectivity index (χ2n) is 3.48. The maximum Gasteiger partial charge on any atom is 0.0558 e. The van der Waals surface area contributed by atoms with Crippen LogP contribution in [0.1, 0.15) is 13.3 Å². The third-order valence-electron chi connectivity index (χ3n) is 1.99. The smallest absolute Gasteiger partial charge is 0.0558 e. The Bertz CT molecular complexity index is 98.5. The van der Waals surface area contributed by atoms with Crippen molar-refractivity contribution >= 4 is 0 Å². The fraction of sp³-hybridized carbons (Fsp3) is 1.00. The molecule has 0 aliphatic heterocycles. The molecule has 12 heavy (non-hydrogen) atoms. The molecule has 0 heterocycles. The lowest BCUT2D eigenvalue weighted by atomic mass is 10.1. The van der Waals surface area contributed by atoms with Crippen LogP contribution in [0.5, 0.6) is 0 Å². The number of nitrogens with one attached hydrogen (secondary N) is 1. The SMILES string of the molecule is CNCCC(C)CN(C)CCO. The number of nitrogens with zero attached hydrogens (tertiary/aromatic N) is 1. The Kier molecular flexibility index (Phi) is 7.45. The molecule has 1 atom stereocenters. The average Bonchev–Trinajstić information content (AvgIpc) is 2.01. The molecule has 0 fully saturated rings. The standard InChI is InChI=1S/C9H22N2O/c1-9(4-5-10-2)8-11(3)6-7-12/h9-10,12H,4-8H2,1-3H3. The summed E-state index contributed by atoms with van der Waals surface area (Å²) in [6.45, 7) is 5.43. The third kappa shape index (κ3) is 6.58. The van der Waals surface area contributed by atoms with E-state index in [1.165, 1.54) is 6.42 Å². The van der Waals surface area contributed by atoms with Crippen LogP contribution in [0.2, 0.25) is 0 Å². The Labute approximate surface area is 75.8 Å². The van der Waals surface area contributed by atoms with Crippen LogP contribution >= 0.6 is 0 Å². The molecule has 0 radical (unpaired) electrons. The van der Waals surface area contributed by atoms with E-state index in [0.717, 1.165) is 19.6 Å². The molecule has 0 aromatic rings. The largest absolute Gasteiger partial charge is 0.395 e. The fourth-order valence-electron chi connectivity index (χ4n) is 1.28. The van der Waals surface area contributed by atoms with Gasteiger partial charge in [0.25, 0.3) is 0 Å². The van der Waals surface area contributed by atoms with Crippen LogP contribution in [0.3, 0.4) is 0 Å². The lowest BCUT2D eigenvalue weighted by molar-refractivity contribution is 0.203. The molecule has 0 aliphatic rings. The zero-order chi connectivity index (χ0) is 9.40. The van der Waals surface area contributed by atoms with Crippen molar-refractivity contribution in [3.8, 4) is 0 Å². The van der Waals surface area contributed by atoms with Crippen molar-refractivity contribution in [3.63, 3.8) is 0 Å². The van der Waals surface area contributed by atoms with Crippen molar-refractivity contribution in [2.45, 2.75) is 13.3 Å². The van der Waals surface area contributed by atoms with E-state index in [-0.39, 0.29) is 6.61 Å². The van der Waals surface area contributed by atoms with E-state index in [9.17, 15) is 0 Å². The van der Waals surface area contributed by atoms with Gasteiger partial charge in [-0.05, 0) is 33.0 Å². The van der Waals surface area contributed by atoms with E-state index < -0.39 is 0 Å².